The lowest BCUT2D eigenvalue weighted by Crippen LogP contribution is -2.44. The lowest BCUT2D eigenvalue weighted by atomic mass is 10.1. The molecule has 0 aliphatic carbocycles. The first-order valence-corrected chi connectivity index (χ1v) is 16.0. The van der Waals surface area contributed by atoms with Gasteiger partial charge >= 0.3 is 0 Å². The molecule has 11 nitrogen and oxygen atoms in total. The van der Waals surface area contributed by atoms with Crippen LogP contribution < -0.4 is 15.0 Å². The molecule has 0 amide bonds. The molecule has 1 saturated heterocycles. The van der Waals surface area contributed by atoms with E-state index < -0.39 is 0 Å². The number of fused-ring (bicyclic) bond motifs is 2. The highest BCUT2D eigenvalue weighted by molar-refractivity contribution is 5.84. The van der Waals surface area contributed by atoms with Crippen molar-refractivity contribution in [2.45, 2.75) is 19.6 Å². The van der Waals surface area contributed by atoms with E-state index in [1.54, 1.807) is 11.6 Å². The van der Waals surface area contributed by atoms with Crippen LogP contribution in [-0.2, 0) is 20.2 Å². The number of tetrazole rings is 1. The van der Waals surface area contributed by atoms with E-state index in [-0.39, 0.29) is 11.4 Å². The van der Waals surface area contributed by atoms with Crippen molar-refractivity contribution in [2.75, 3.05) is 46.4 Å². The first kappa shape index (κ1) is 30.5. The summed E-state index contributed by atoms with van der Waals surface area (Å²) in [6.45, 7) is 6.83. The highest BCUT2D eigenvalue weighted by Gasteiger charge is 2.16. The van der Waals surface area contributed by atoms with E-state index in [1.165, 1.54) is 4.80 Å². The lowest BCUT2D eigenvalue weighted by Gasteiger charge is -2.32. The predicted octanol–water partition coefficient (Wildman–Crippen LogP) is 4.38. The SMILES string of the molecule is CN1CCN(CCCOc2ccc3c(c2)cc(-c2nnn(Cc4cccc(OCc5ccc6ccccc6n5)c4)n2)c(=O)n3C)CC1. The third kappa shape index (κ3) is 7.16. The summed E-state index contributed by atoms with van der Waals surface area (Å²) in [4.78, 5) is 24.3. The summed E-state index contributed by atoms with van der Waals surface area (Å²) >= 11 is 0. The molecule has 1 fully saturated rings. The molecule has 3 aromatic heterocycles. The van der Waals surface area contributed by atoms with E-state index in [1.807, 2.05) is 78.9 Å². The van der Waals surface area contributed by atoms with Crippen LogP contribution >= 0.6 is 0 Å². The van der Waals surface area contributed by atoms with Gasteiger partial charge in [-0.15, -0.1) is 10.2 Å². The molecule has 0 spiro atoms. The fourth-order valence-electron chi connectivity index (χ4n) is 5.92. The first-order chi connectivity index (χ1) is 23.0. The van der Waals surface area contributed by atoms with Gasteiger partial charge in [0.15, 0.2) is 0 Å². The van der Waals surface area contributed by atoms with Crippen LogP contribution in [0, 0.1) is 0 Å². The van der Waals surface area contributed by atoms with Crippen LogP contribution in [0.4, 0.5) is 0 Å². The topological polar surface area (TPSA) is 103 Å². The maximum atomic E-state index is 13.3. The Bertz CT molecular complexity index is 2070. The van der Waals surface area contributed by atoms with Gasteiger partial charge in [-0.1, -0.05) is 36.4 Å². The smallest absolute Gasteiger partial charge is 0.262 e. The van der Waals surface area contributed by atoms with E-state index in [2.05, 4.69) is 43.3 Å². The largest absolute Gasteiger partial charge is 0.494 e. The highest BCUT2D eigenvalue weighted by atomic mass is 16.5. The highest BCUT2D eigenvalue weighted by Crippen LogP contribution is 2.24. The lowest BCUT2D eigenvalue weighted by molar-refractivity contribution is 0.145. The molecule has 0 N–H and O–H groups in total. The fraction of sp³-hybridized carbons (Fsp3) is 0.306. The number of benzene rings is 3. The number of rotatable bonds is 11. The number of nitrogens with zero attached hydrogens (tertiary/aromatic N) is 8. The number of para-hydroxylation sites is 1. The summed E-state index contributed by atoms with van der Waals surface area (Å²) in [6, 6.07) is 27.5. The molecule has 1 aliphatic rings. The molecule has 0 saturated carbocycles. The van der Waals surface area contributed by atoms with Gasteiger partial charge in [0.05, 0.1) is 35.4 Å². The third-order valence-electron chi connectivity index (χ3n) is 8.64. The Morgan fingerprint density at radius 1 is 0.809 bits per heavy atom. The second-order valence-electron chi connectivity index (χ2n) is 12.1. The zero-order valence-electron chi connectivity index (χ0n) is 26.7. The zero-order chi connectivity index (χ0) is 32.2. The summed E-state index contributed by atoms with van der Waals surface area (Å²) in [5.74, 6) is 1.77. The van der Waals surface area contributed by atoms with Crippen LogP contribution in [0.5, 0.6) is 11.5 Å². The number of ether oxygens (including phenoxy) is 2. The van der Waals surface area contributed by atoms with Gasteiger partial charge in [0.25, 0.3) is 5.56 Å². The average Bonchev–Trinajstić information content (AvgIpc) is 3.56. The van der Waals surface area contributed by atoms with Crippen LogP contribution in [0.1, 0.15) is 17.7 Å². The number of aryl methyl sites for hydroxylation is 1. The monoisotopic (exact) mass is 630 g/mol. The van der Waals surface area contributed by atoms with Gasteiger partial charge in [0.1, 0.15) is 18.1 Å². The number of likely N-dealkylation sites (N-methyl/N-ethyl adjacent to an activating group) is 1. The van der Waals surface area contributed by atoms with Crippen LogP contribution in [-0.4, -0.2) is 85.9 Å². The molecule has 0 unspecified atom stereocenters. The molecular weight excluding hydrogens is 592 g/mol. The van der Waals surface area contributed by atoms with Crippen molar-refractivity contribution >= 4 is 21.8 Å². The first-order valence-electron chi connectivity index (χ1n) is 16.0. The van der Waals surface area contributed by atoms with Crippen molar-refractivity contribution in [3.63, 3.8) is 0 Å². The van der Waals surface area contributed by atoms with Gasteiger partial charge in [-0.05, 0) is 72.8 Å². The Labute approximate surface area is 273 Å². The number of hydrogen-bond acceptors (Lipinski definition) is 9. The second-order valence-corrected chi connectivity index (χ2v) is 12.1. The van der Waals surface area contributed by atoms with Crippen molar-refractivity contribution in [2.24, 2.45) is 7.05 Å². The van der Waals surface area contributed by atoms with Crippen LogP contribution in [0.2, 0.25) is 0 Å². The standard InChI is InChI=1S/C36H38N8O3/c1-41-16-18-43(19-17-41)15-6-20-46-31-13-14-34-28(22-31)23-32(36(45)42(34)2)35-38-40-44(39-35)24-26-7-5-9-30(21-26)47-25-29-12-11-27-8-3-4-10-33(27)37-29/h3-5,7-14,21-23H,6,15-20,24-25H2,1-2H3. The van der Waals surface area contributed by atoms with E-state index >= 15 is 0 Å². The minimum Gasteiger partial charge on any atom is -0.494 e. The van der Waals surface area contributed by atoms with E-state index in [4.69, 9.17) is 9.47 Å². The Balaban J connectivity index is 1.00. The van der Waals surface area contributed by atoms with Gasteiger partial charge in [-0.2, -0.15) is 4.80 Å². The third-order valence-corrected chi connectivity index (χ3v) is 8.64. The summed E-state index contributed by atoms with van der Waals surface area (Å²) in [6.07, 6.45) is 0.962. The quantitative estimate of drug-likeness (QED) is 0.193. The van der Waals surface area contributed by atoms with E-state index in [0.29, 0.717) is 25.3 Å². The second kappa shape index (κ2) is 13.7. The molecular formula is C36H38N8O3. The summed E-state index contributed by atoms with van der Waals surface area (Å²) in [5, 5.41) is 15.0. The minimum absolute atomic E-state index is 0.185. The Morgan fingerprint density at radius 2 is 1.66 bits per heavy atom. The minimum atomic E-state index is -0.185. The van der Waals surface area contributed by atoms with Gasteiger partial charge in [-0.25, -0.2) is 4.98 Å². The zero-order valence-corrected chi connectivity index (χ0v) is 26.7. The number of hydrogen-bond donors (Lipinski definition) is 0. The molecule has 3 aromatic carbocycles. The van der Waals surface area contributed by atoms with E-state index in [0.717, 1.165) is 83.7 Å². The molecule has 4 heterocycles. The Morgan fingerprint density at radius 3 is 2.55 bits per heavy atom. The summed E-state index contributed by atoms with van der Waals surface area (Å²) < 4.78 is 13.8. The summed E-state index contributed by atoms with van der Waals surface area (Å²) in [7, 11) is 3.93. The molecule has 0 bridgehead atoms. The molecule has 47 heavy (non-hydrogen) atoms. The molecule has 240 valence electrons. The molecule has 7 rings (SSSR count). The van der Waals surface area contributed by atoms with Gasteiger partial charge in [0.2, 0.25) is 5.82 Å². The van der Waals surface area contributed by atoms with E-state index in [9.17, 15) is 4.79 Å². The van der Waals surface area contributed by atoms with Crippen molar-refractivity contribution in [3.05, 3.63) is 107 Å². The molecule has 0 atom stereocenters. The van der Waals surface area contributed by atoms with Gasteiger partial charge in [0, 0.05) is 50.5 Å². The Hall–Kier alpha value is -5.13. The molecule has 11 heteroatoms. The molecule has 6 aromatic rings. The number of pyridine rings is 2. The van der Waals surface area contributed by atoms with Gasteiger partial charge in [-0.3, -0.25) is 4.79 Å². The fourth-order valence-corrected chi connectivity index (χ4v) is 5.92. The average molecular weight is 631 g/mol. The van der Waals surface area contributed by atoms with Gasteiger partial charge < -0.3 is 23.8 Å². The molecule has 0 radical (unpaired) electrons. The van der Waals surface area contributed by atoms with Crippen LogP contribution in [0.3, 0.4) is 0 Å². The number of aromatic nitrogens is 6. The predicted molar refractivity (Wildman–Crippen MR) is 182 cm³/mol. The van der Waals surface area contributed by atoms with Crippen molar-refractivity contribution in [1.29, 1.82) is 0 Å². The van der Waals surface area contributed by atoms with Crippen LogP contribution in [0.25, 0.3) is 33.2 Å². The summed E-state index contributed by atoms with van der Waals surface area (Å²) in [5.41, 5.74) is 3.76. The maximum Gasteiger partial charge on any atom is 0.262 e. The normalized spacial score (nSPS) is 14.2. The number of piperazine rings is 1. The van der Waals surface area contributed by atoms with Crippen molar-refractivity contribution in [3.8, 4) is 22.9 Å². The van der Waals surface area contributed by atoms with Crippen LogP contribution in [0.15, 0.2) is 89.7 Å². The maximum absolute atomic E-state index is 13.3. The molecule has 1 aliphatic heterocycles. The van der Waals surface area contributed by atoms with Crippen molar-refractivity contribution < 1.29 is 9.47 Å². The Kier molecular flexibility index (Phi) is 8.89. The van der Waals surface area contributed by atoms with Crippen molar-refractivity contribution in [1.82, 2.24) is 39.6 Å².